The topological polar surface area (TPSA) is 82.5 Å². The summed E-state index contributed by atoms with van der Waals surface area (Å²) in [5, 5.41) is 19.0. The lowest BCUT2D eigenvalue weighted by atomic mass is 10.2. The molecule has 0 aliphatic rings. The summed E-state index contributed by atoms with van der Waals surface area (Å²) in [7, 11) is 0. The summed E-state index contributed by atoms with van der Waals surface area (Å²) in [6.45, 7) is -0.665. The van der Waals surface area contributed by atoms with Crippen molar-refractivity contribution in [2.24, 2.45) is 0 Å². The van der Waals surface area contributed by atoms with Gasteiger partial charge >= 0.3 is 6.09 Å². The molecular formula is C8H8F2N2O3. The number of rotatable bonds is 3. The van der Waals surface area contributed by atoms with Crippen molar-refractivity contribution in [3.8, 4) is 0 Å². The second-order valence-corrected chi connectivity index (χ2v) is 2.71. The molecule has 15 heavy (non-hydrogen) atoms. The predicted octanol–water partition coefficient (Wildman–Crippen LogP) is 0.661. The zero-order valence-electron chi connectivity index (χ0n) is 7.44. The van der Waals surface area contributed by atoms with Gasteiger partial charge in [0.15, 0.2) is 0 Å². The third-order valence-corrected chi connectivity index (χ3v) is 1.65. The van der Waals surface area contributed by atoms with Gasteiger partial charge in [-0.1, -0.05) is 0 Å². The normalized spacial score (nSPS) is 12.2. The molecule has 0 aromatic carbocycles. The van der Waals surface area contributed by atoms with E-state index in [0.717, 1.165) is 6.20 Å². The van der Waals surface area contributed by atoms with E-state index in [-0.39, 0.29) is 5.69 Å². The van der Waals surface area contributed by atoms with Crippen molar-refractivity contribution in [1.29, 1.82) is 0 Å². The Balaban J connectivity index is 2.96. The van der Waals surface area contributed by atoms with Crippen molar-refractivity contribution in [3.63, 3.8) is 0 Å². The van der Waals surface area contributed by atoms with Crippen LogP contribution in [0.25, 0.3) is 0 Å². The number of pyridine rings is 1. The Morgan fingerprint density at radius 3 is 2.73 bits per heavy atom. The number of hydrogen-bond donors (Lipinski definition) is 3. The van der Waals surface area contributed by atoms with E-state index in [1.807, 2.05) is 5.32 Å². The van der Waals surface area contributed by atoms with Crippen LogP contribution in [0.15, 0.2) is 12.3 Å². The van der Waals surface area contributed by atoms with E-state index in [9.17, 15) is 13.6 Å². The van der Waals surface area contributed by atoms with Gasteiger partial charge in [0.2, 0.25) is 0 Å². The number of hydrogen-bond acceptors (Lipinski definition) is 3. The van der Waals surface area contributed by atoms with Crippen LogP contribution in [0, 0.1) is 11.6 Å². The third kappa shape index (κ3) is 2.84. The van der Waals surface area contributed by atoms with Crippen LogP contribution < -0.4 is 5.32 Å². The number of carbonyl (C=O) groups is 1. The quantitative estimate of drug-likeness (QED) is 0.696. The molecule has 7 heteroatoms. The fourth-order valence-corrected chi connectivity index (χ4v) is 1.03. The van der Waals surface area contributed by atoms with Crippen molar-refractivity contribution < 1.29 is 23.8 Å². The molecule has 0 aliphatic carbocycles. The average molecular weight is 218 g/mol. The van der Waals surface area contributed by atoms with Gasteiger partial charge in [-0.05, 0) is 0 Å². The molecule has 0 saturated carbocycles. The van der Waals surface area contributed by atoms with E-state index < -0.39 is 30.4 Å². The summed E-state index contributed by atoms with van der Waals surface area (Å²) < 4.78 is 25.6. The Hall–Kier alpha value is -1.76. The maximum Gasteiger partial charge on any atom is 0.405 e. The van der Waals surface area contributed by atoms with Gasteiger partial charge in [0, 0.05) is 6.07 Å². The molecule has 1 unspecified atom stereocenters. The number of aliphatic hydroxyl groups is 1. The summed E-state index contributed by atoms with van der Waals surface area (Å²) in [4.78, 5) is 13.6. The number of carboxylic acid groups (broad SMARTS) is 1. The second kappa shape index (κ2) is 4.65. The molecule has 5 nitrogen and oxygen atoms in total. The Morgan fingerprint density at radius 1 is 1.60 bits per heavy atom. The number of amides is 1. The van der Waals surface area contributed by atoms with E-state index in [2.05, 4.69) is 4.98 Å². The van der Waals surface area contributed by atoms with Crippen LogP contribution in [-0.4, -0.2) is 27.9 Å². The van der Waals surface area contributed by atoms with Crippen molar-refractivity contribution in [2.75, 3.05) is 6.61 Å². The van der Waals surface area contributed by atoms with Gasteiger partial charge in [-0.2, -0.15) is 0 Å². The number of halogens is 2. The summed E-state index contributed by atoms with van der Waals surface area (Å²) in [6, 6.07) is -0.641. The minimum absolute atomic E-state index is 0.346. The third-order valence-electron chi connectivity index (χ3n) is 1.65. The number of aliphatic hydroxyl groups excluding tert-OH is 1. The highest BCUT2D eigenvalue weighted by Gasteiger charge is 2.18. The molecule has 1 heterocycles. The van der Waals surface area contributed by atoms with E-state index in [1.54, 1.807) is 0 Å². The van der Waals surface area contributed by atoms with Crippen LogP contribution in [-0.2, 0) is 0 Å². The maximum absolute atomic E-state index is 13.1. The molecule has 1 rings (SSSR count). The fraction of sp³-hybridized carbons (Fsp3) is 0.250. The highest BCUT2D eigenvalue weighted by Crippen LogP contribution is 2.14. The highest BCUT2D eigenvalue weighted by molar-refractivity contribution is 5.65. The second-order valence-electron chi connectivity index (χ2n) is 2.71. The fourth-order valence-electron chi connectivity index (χ4n) is 1.03. The molecule has 1 atom stereocenters. The molecule has 1 amide bonds. The Labute approximate surface area is 83.4 Å². The zero-order valence-corrected chi connectivity index (χ0v) is 7.44. The first kappa shape index (κ1) is 11.3. The van der Waals surface area contributed by atoms with Crippen LogP contribution >= 0.6 is 0 Å². The SMILES string of the molecule is O=C(O)NC(CO)c1ncc(F)cc1F. The van der Waals surface area contributed by atoms with Gasteiger partial charge in [-0.15, -0.1) is 0 Å². The molecule has 0 aliphatic heterocycles. The van der Waals surface area contributed by atoms with Gasteiger partial charge < -0.3 is 15.5 Å². The van der Waals surface area contributed by atoms with E-state index in [1.165, 1.54) is 0 Å². The molecule has 1 aromatic heterocycles. The Kier molecular flexibility index (Phi) is 3.51. The number of aromatic nitrogens is 1. The molecule has 3 N–H and O–H groups in total. The molecule has 1 aromatic rings. The Bertz CT molecular complexity index is 373. The van der Waals surface area contributed by atoms with Gasteiger partial charge in [-0.25, -0.2) is 13.6 Å². The molecule has 0 radical (unpaired) electrons. The van der Waals surface area contributed by atoms with Crippen molar-refractivity contribution in [2.45, 2.75) is 6.04 Å². The van der Waals surface area contributed by atoms with E-state index >= 15 is 0 Å². The lowest BCUT2D eigenvalue weighted by Gasteiger charge is -2.13. The van der Waals surface area contributed by atoms with Crippen molar-refractivity contribution in [3.05, 3.63) is 29.6 Å². The van der Waals surface area contributed by atoms with E-state index in [4.69, 9.17) is 10.2 Å². The molecule has 0 fully saturated rings. The molecule has 0 bridgehead atoms. The predicted molar refractivity (Wildman–Crippen MR) is 45.1 cm³/mol. The van der Waals surface area contributed by atoms with Gasteiger partial charge in [0.05, 0.1) is 12.8 Å². The summed E-state index contributed by atoms with van der Waals surface area (Å²) in [6.07, 6.45) is -0.690. The van der Waals surface area contributed by atoms with Crippen molar-refractivity contribution in [1.82, 2.24) is 10.3 Å². The lowest BCUT2D eigenvalue weighted by molar-refractivity contribution is 0.176. The molecular weight excluding hydrogens is 210 g/mol. The average Bonchev–Trinajstić information content (AvgIpc) is 2.14. The van der Waals surface area contributed by atoms with Gasteiger partial charge in [0.1, 0.15) is 23.4 Å². The van der Waals surface area contributed by atoms with E-state index in [0.29, 0.717) is 6.07 Å². The monoisotopic (exact) mass is 218 g/mol. The van der Waals surface area contributed by atoms with Crippen molar-refractivity contribution >= 4 is 6.09 Å². The first-order valence-electron chi connectivity index (χ1n) is 3.96. The molecule has 82 valence electrons. The Morgan fingerprint density at radius 2 is 2.27 bits per heavy atom. The highest BCUT2D eigenvalue weighted by atomic mass is 19.1. The standard InChI is InChI=1S/C8H8F2N2O3/c9-4-1-5(10)7(11-2-4)6(3-13)12-8(14)15/h1-2,6,12-13H,3H2,(H,14,15). The molecule has 0 saturated heterocycles. The largest absolute Gasteiger partial charge is 0.465 e. The number of nitrogens with one attached hydrogen (secondary N) is 1. The summed E-state index contributed by atoms with van der Waals surface area (Å²) in [5.41, 5.74) is -0.346. The lowest BCUT2D eigenvalue weighted by Crippen LogP contribution is -2.30. The minimum Gasteiger partial charge on any atom is -0.465 e. The number of nitrogens with zero attached hydrogens (tertiary/aromatic N) is 1. The first-order valence-corrected chi connectivity index (χ1v) is 3.96. The van der Waals surface area contributed by atoms with Crippen LogP contribution in [0.4, 0.5) is 13.6 Å². The summed E-state index contributed by atoms with van der Waals surface area (Å²) >= 11 is 0. The maximum atomic E-state index is 13.1. The van der Waals surface area contributed by atoms with Crippen LogP contribution in [0.2, 0.25) is 0 Å². The van der Waals surface area contributed by atoms with Crippen LogP contribution in [0.3, 0.4) is 0 Å². The smallest absolute Gasteiger partial charge is 0.405 e. The zero-order chi connectivity index (χ0) is 11.4. The first-order chi connectivity index (χ1) is 7.04. The van der Waals surface area contributed by atoms with Crippen LogP contribution in [0.5, 0.6) is 0 Å². The summed E-state index contributed by atoms with van der Waals surface area (Å²) in [5.74, 6) is -1.88. The molecule has 0 spiro atoms. The van der Waals surface area contributed by atoms with Gasteiger partial charge in [0.25, 0.3) is 0 Å². The minimum atomic E-state index is -1.43. The van der Waals surface area contributed by atoms with Gasteiger partial charge in [-0.3, -0.25) is 4.98 Å². The van der Waals surface area contributed by atoms with Crippen LogP contribution in [0.1, 0.15) is 11.7 Å².